The molecule has 1 amide bonds. The summed E-state index contributed by atoms with van der Waals surface area (Å²) in [7, 11) is -1.99. The third-order valence-electron chi connectivity index (χ3n) is 5.27. The fraction of sp³-hybridized carbons (Fsp3) is 0.273. The van der Waals surface area contributed by atoms with Gasteiger partial charge in [0, 0.05) is 42.1 Å². The van der Waals surface area contributed by atoms with Gasteiger partial charge in [-0.15, -0.1) is 11.3 Å². The fourth-order valence-electron chi connectivity index (χ4n) is 3.49. The highest BCUT2D eigenvalue weighted by Gasteiger charge is 2.29. The Hall–Kier alpha value is -2.50. The molecule has 11 heteroatoms. The van der Waals surface area contributed by atoms with E-state index in [0.29, 0.717) is 36.3 Å². The summed E-state index contributed by atoms with van der Waals surface area (Å²) >= 11 is 7.30. The predicted molar refractivity (Wildman–Crippen MR) is 129 cm³/mol. The van der Waals surface area contributed by atoms with Crippen LogP contribution in [0, 0.1) is 0 Å². The quantitative estimate of drug-likeness (QED) is 0.528. The van der Waals surface area contributed by atoms with Crippen LogP contribution in [-0.2, 0) is 14.8 Å². The highest BCUT2D eigenvalue weighted by Crippen LogP contribution is 2.26. The number of thiazole rings is 1. The van der Waals surface area contributed by atoms with Crippen LogP contribution in [-0.4, -0.2) is 68.3 Å². The minimum atomic E-state index is -3.61. The van der Waals surface area contributed by atoms with E-state index >= 15 is 0 Å². The van der Waals surface area contributed by atoms with E-state index in [-0.39, 0.29) is 17.3 Å². The molecule has 0 saturated carbocycles. The molecule has 1 fully saturated rings. The molecule has 4 rings (SSSR count). The van der Waals surface area contributed by atoms with Gasteiger partial charge in [-0.2, -0.15) is 4.31 Å². The highest BCUT2D eigenvalue weighted by molar-refractivity contribution is 7.89. The largest absolute Gasteiger partial charge is 0.497 e. The average molecular weight is 507 g/mol. The van der Waals surface area contributed by atoms with Crippen LogP contribution in [0.5, 0.6) is 5.75 Å². The summed E-state index contributed by atoms with van der Waals surface area (Å²) in [5, 5.41) is 5.62. The number of anilines is 1. The Balaban J connectivity index is 1.29. The topological polar surface area (TPSA) is 91.8 Å². The van der Waals surface area contributed by atoms with Gasteiger partial charge in [-0.05, 0) is 42.5 Å². The van der Waals surface area contributed by atoms with Crippen molar-refractivity contribution in [2.75, 3.05) is 45.2 Å². The molecular weight excluding hydrogens is 484 g/mol. The van der Waals surface area contributed by atoms with Gasteiger partial charge in [-0.3, -0.25) is 9.69 Å². The molecule has 0 atom stereocenters. The summed E-state index contributed by atoms with van der Waals surface area (Å²) in [6.07, 6.45) is 0. The lowest BCUT2D eigenvalue weighted by molar-refractivity contribution is -0.117. The summed E-state index contributed by atoms with van der Waals surface area (Å²) in [6, 6.07) is 13.8. The molecule has 0 unspecified atom stereocenters. The number of nitrogens with zero attached hydrogens (tertiary/aromatic N) is 3. The maximum Gasteiger partial charge on any atom is 0.243 e. The number of hydrogen-bond donors (Lipinski definition) is 1. The average Bonchev–Trinajstić information content (AvgIpc) is 3.27. The molecule has 1 aliphatic heterocycles. The molecule has 33 heavy (non-hydrogen) atoms. The molecule has 1 aliphatic rings. The van der Waals surface area contributed by atoms with Crippen molar-refractivity contribution in [1.29, 1.82) is 0 Å². The van der Waals surface area contributed by atoms with Gasteiger partial charge in [0.25, 0.3) is 0 Å². The van der Waals surface area contributed by atoms with Crippen LogP contribution in [0.2, 0.25) is 5.02 Å². The van der Waals surface area contributed by atoms with Gasteiger partial charge in [0.05, 0.1) is 24.2 Å². The first-order chi connectivity index (χ1) is 15.8. The number of methoxy groups -OCH3 is 1. The van der Waals surface area contributed by atoms with Crippen LogP contribution < -0.4 is 10.1 Å². The molecule has 2 heterocycles. The lowest BCUT2D eigenvalue weighted by atomic mass is 10.2. The van der Waals surface area contributed by atoms with Crippen LogP contribution in [0.4, 0.5) is 5.13 Å². The monoisotopic (exact) mass is 506 g/mol. The number of carbonyl (C=O) groups excluding carboxylic acids is 1. The number of sulfonamides is 1. The van der Waals surface area contributed by atoms with Gasteiger partial charge in [0.1, 0.15) is 5.75 Å². The van der Waals surface area contributed by atoms with Crippen LogP contribution in [0.25, 0.3) is 11.3 Å². The minimum absolute atomic E-state index is 0.169. The Morgan fingerprint density at radius 3 is 2.55 bits per heavy atom. The lowest BCUT2D eigenvalue weighted by Crippen LogP contribution is -2.50. The van der Waals surface area contributed by atoms with Crippen molar-refractivity contribution in [2.24, 2.45) is 0 Å². The van der Waals surface area contributed by atoms with Crippen molar-refractivity contribution in [3.8, 4) is 17.0 Å². The molecule has 3 aromatic rings. The Labute approximate surface area is 201 Å². The van der Waals surface area contributed by atoms with E-state index in [1.165, 1.54) is 27.8 Å². The second kappa shape index (κ2) is 10.2. The summed E-state index contributed by atoms with van der Waals surface area (Å²) in [5.74, 6) is 0.583. The Bertz CT molecular complexity index is 1220. The normalized spacial score (nSPS) is 15.3. The Morgan fingerprint density at radius 2 is 1.88 bits per heavy atom. The zero-order chi connectivity index (χ0) is 23.4. The van der Waals surface area contributed by atoms with E-state index < -0.39 is 10.0 Å². The molecule has 0 bridgehead atoms. The number of benzene rings is 2. The van der Waals surface area contributed by atoms with Gasteiger partial charge in [-0.25, -0.2) is 13.4 Å². The number of piperazine rings is 1. The third kappa shape index (κ3) is 5.71. The molecule has 1 aromatic heterocycles. The molecule has 0 aliphatic carbocycles. The molecule has 0 spiro atoms. The van der Waals surface area contributed by atoms with Crippen LogP contribution in [0.3, 0.4) is 0 Å². The van der Waals surface area contributed by atoms with E-state index in [2.05, 4.69) is 10.3 Å². The van der Waals surface area contributed by atoms with Crippen molar-refractivity contribution in [1.82, 2.24) is 14.2 Å². The van der Waals surface area contributed by atoms with Gasteiger partial charge in [-0.1, -0.05) is 17.7 Å². The highest BCUT2D eigenvalue weighted by atomic mass is 35.5. The van der Waals surface area contributed by atoms with E-state index in [4.69, 9.17) is 16.3 Å². The fourth-order valence-corrected chi connectivity index (χ4v) is 5.95. The summed E-state index contributed by atoms with van der Waals surface area (Å²) in [6.45, 7) is 1.70. The molecule has 8 nitrogen and oxygen atoms in total. The number of amides is 1. The van der Waals surface area contributed by atoms with Gasteiger partial charge in [0.2, 0.25) is 15.9 Å². The van der Waals surface area contributed by atoms with E-state index in [0.717, 1.165) is 17.0 Å². The van der Waals surface area contributed by atoms with Crippen LogP contribution in [0.15, 0.2) is 58.8 Å². The third-order valence-corrected chi connectivity index (χ3v) is 8.16. The Morgan fingerprint density at radius 1 is 1.15 bits per heavy atom. The minimum Gasteiger partial charge on any atom is -0.497 e. The van der Waals surface area contributed by atoms with Crippen LogP contribution in [0.1, 0.15) is 0 Å². The number of carbonyl (C=O) groups is 1. The number of aromatic nitrogens is 1. The smallest absolute Gasteiger partial charge is 0.243 e. The van der Waals surface area contributed by atoms with Crippen LogP contribution >= 0.6 is 22.9 Å². The number of rotatable bonds is 7. The molecular formula is C22H23ClN4O4S2. The summed E-state index contributed by atoms with van der Waals surface area (Å²) < 4.78 is 32.2. The predicted octanol–water partition coefficient (Wildman–Crippen LogP) is 3.42. The molecule has 1 saturated heterocycles. The van der Waals surface area contributed by atoms with Gasteiger partial charge in [0.15, 0.2) is 5.13 Å². The van der Waals surface area contributed by atoms with Crippen molar-refractivity contribution >= 4 is 44.0 Å². The molecule has 174 valence electrons. The lowest BCUT2D eigenvalue weighted by Gasteiger charge is -2.33. The first-order valence-corrected chi connectivity index (χ1v) is 12.9. The molecule has 0 radical (unpaired) electrons. The summed E-state index contributed by atoms with van der Waals surface area (Å²) in [4.78, 5) is 19.1. The van der Waals surface area contributed by atoms with E-state index in [9.17, 15) is 13.2 Å². The van der Waals surface area contributed by atoms with Crippen molar-refractivity contribution < 1.29 is 17.9 Å². The van der Waals surface area contributed by atoms with Crippen molar-refractivity contribution in [3.05, 3.63) is 58.9 Å². The first kappa shape index (κ1) is 23.7. The molecule has 1 N–H and O–H groups in total. The Kier molecular flexibility index (Phi) is 7.30. The first-order valence-electron chi connectivity index (χ1n) is 10.2. The summed E-state index contributed by atoms with van der Waals surface area (Å²) in [5.41, 5.74) is 1.71. The van der Waals surface area contributed by atoms with E-state index in [1.54, 1.807) is 19.2 Å². The maximum absolute atomic E-state index is 12.8. The zero-order valence-corrected chi connectivity index (χ0v) is 20.3. The van der Waals surface area contributed by atoms with Crippen molar-refractivity contribution in [2.45, 2.75) is 4.90 Å². The second-order valence-corrected chi connectivity index (χ2v) is 10.7. The standard InChI is InChI=1S/C22H23ClN4O4S2/c1-31-18-7-5-16(6-8-18)20-15-32-22(24-20)25-21(28)14-26-9-11-27(12-10-26)33(29,30)19-4-2-3-17(23)13-19/h2-8,13,15H,9-12,14H2,1H3,(H,24,25,28). The van der Waals surface area contributed by atoms with Gasteiger partial charge >= 0.3 is 0 Å². The number of nitrogens with one attached hydrogen (secondary N) is 1. The second-order valence-electron chi connectivity index (χ2n) is 7.45. The number of ether oxygens (including phenoxy) is 1. The zero-order valence-electron chi connectivity index (χ0n) is 17.9. The maximum atomic E-state index is 12.8. The van der Waals surface area contributed by atoms with Crippen molar-refractivity contribution in [3.63, 3.8) is 0 Å². The van der Waals surface area contributed by atoms with Gasteiger partial charge < -0.3 is 10.1 Å². The SMILES string of the molecule is COc1ccc(-c2csc(NC(=O)CN3CCN(S(=O)(=O)c4cccc(Cl)c4)CC3)n2)cc1. The number of hydrogen-bond acceptors (Lipinski definition) is 7. The molecule has 2 aromatic carbocycles. The number of halogens is 1. The van der Waals surface area contributed by atoms with E-state index in [1.807, 2.05) is 34.5 Å².